The van der Waals surface area contributed by atoms with Crippen molar-refractivity contribution in [3.05, 3.63) is 11.6 Å². The first-order valence-electron chi connectivity index (χ1n) is 12.6. The molecule has 4 aliphatic carbocycles. The maximum atomic E-state index is 12.4. The Morgan fingerprint density at radius 1 is 1.06 bits per heavy atom. The third kappa shape index (κ3) is 2.05. The number of hydrogen-bond donors (Lipinski definition) is 2. The Morgan fingerprint density at radius 3 is 2.35 bits per heavy atom. The van der Waals surface area contributed by atoms with Gasteiger partial charge >= 0.3 is 0 Å². The molecule has 5 heteroatoms. The second kappa shape index (κ2) is 5.96. The number of hydrogen-bond acceptors (Lipinski definition) is 5. The predicted octanol–water partition coefficient (Wildman–Crippen LogP) is 3.82. The lowest BCUT2D eigenvalue weighted by molar-refractivity contribution is -0.421. The van der Waals surface area contributed by atoms with Gasteiger partial charge in [0, 0.05) is 11.3 Å². The van der Waals surface area contributed by atoms with Crippen molar-refractivity contribution in [3.8, 4) is 0 Å². The molecule has 2 aliphatic heterocycles. The van der Waals surface area contributed by atoms with Crippen LogP contribution in [0.1, 0.15) is 73.6 Å². The van der Waals surface area contributed by atoms with Crippen molar-refractivity contribution < 1.29 is 24.4 Å². The van der Waals surface area contributed by atoms with Gasteiger partial charge < -0.3 is 24.4 Å². The SMILES string of the molecule is CC(C)CC1(CC(C)C)O[C@H]2C=C(CO)[C@]3(O)[C@@H]4OC(C)(C)O[C@@]45CCC[C@@H]4[C@@H]1[C@@H]2C453. The number of rotatable bonds is 5. The topological polar surface area (TPSA) is 68.2 Å². The summed E-state index contributed by atoms with van der Waals surface area (Å²) in [5.74, 6) is 1.41. The Morgan fingerprint density at radius 2 is 1.74 bits per heavy atom. The van der Waals surface area contributed by atoms with Gasteiger partial charge in [-0.05, 0) is 68.8 Å². The van der Waals surface area contributed by atoms with E-state index in [2.05, 4.69) is 33.8 Å². The van der Waals surface area contributed by atoms with Gasteiger partial charge in [0.1, 0.15) is 17.3 Å². The van der Waals surface area contributed by atoms with Crippen LogP contribution in [0.4, 0.5) is 0 Å². The Hall–Kier alpha value is -0.460. The van der Waals surface area contributed by atoms with Crippen molar-refractivity contribution in [3.63, 3.8) is 0 Å². The summed E-state index contributed by atoms with van der Waals surface area (Å²) in [4.78, 5) is 0. The summed E-state index contributed by atoms with van der Waals surface area (Å²) < 4.78 is 20.2. The van der Waals surface area contributed by atoms with Crippen LogP contribution >= 0.6 is 0 Å². The van der Waals surface area contributed by atoms with Gasteiger partial charge in [0.25, 0.3) is 0 Å². The molecule has 6 aliphatic rings. The minimum Gasteiger partial charge on any atom is -0.392 e. The van der Waals surface area contributed by atoms with E-state index >= 15 is 0 Å². The van der Waals surface area contributed by atoms with E-state index in [1.807, 2.05) is 13.8 Å². The molecule has 2 spiro atoms. The molecule has 2 heterocycles. The van der Waals surface area contributed by atoms with Crippen molar-refractivity contribution in [2.45, 2.75) is 108 Å². The first kappa shape index (κ1) is 21.1. The summed E-state index contributed by atoms with van der Waals surface area (Å²) in [6, 6.07) is 0. The summed E-state index contributed by atoms with van der Waals surface area (Å²) in [5.41, 5.74) is -1.46. The van der Waals surface area contributed by atoms with Crippen molar-refractivity contribution >= 4 is 0 Å². The molecule has 2 saturated heterocycles. The average molecular weight is 433 g/mol. The molecule has 0 aromatic heterocycles. The first-order chi connectivity index (χ1) is 14.5. The van der Waals surface area contributed by atoms with Crippen LogP contribution in [0.2, 0.25) is 0 Å². The zero-order chi connectivity index (χ0) is 22.2. The molecule has 6 rings (SSSR count). The van der Waals surface area contributed by atoms with Crippen LogP contribution in [0.5, 0.6) is 0 Å². The normalized spacial score (nSPS) is 52.2. The molecule has 0 aromatic carbocycles. The van der Waals surface area contributed by atoms with Crippen LogP contribution < -0.4 is 0 Å². The van der Waals surface area contributed by atoms with Gasteiger partial charge in [-0.1, -0.05) is 40.2 Å². The zero-order valence-corrected chi connectivity index (χ0v) is 20.0. The second-order valence-corrected chi connectivity index (χ2v) is 12.8. The van der Waals surface area contributed by atoms with Crippen LogP contribution in [0.15, 0.2) is 11.6 Å². The molecular formula is C26H40O5. The van der Waals surface area contributed by atoms with Gasteiger partial charge in [0.05, 0.1) is 18.3 Å². The lowest BCUT2D eigenvalue weighted by Gasteiger charge is -2.83. The van der Waals surface area contributed by atoms with Crippen LogP contribution in [0, 0.1) is 35.0 Å². The fraction of sp³-hybridized carbons (Fsp3) is 0.923. The number of aliphatic hydroxyl groups excluding tert-OH is 1. The Labute approximate surface area is 186 Å². The molecular weight excluding hydrogens is 392 g/mol. The molecule has 0 amide bonds. The summed E-state index contributed by atoms with van der Waals surface area (Å²) in [6.45, 7) is 13.0. The van der Waals surface area contributed by atoms with Crippen molar-refractivity contribution in [1.29, 1.82) is 0 Å². The van der Waals surface area contributed by atoms with Crippen LogP contribution in [0.25, 0.3) is 0 Å². The third-order valence-electron chi connectivity index (χ3n) is 9.82. The highest BCUT2D eigenvalue weighted by atomic mass is 16.8. The fourth-order valence-corrected chi connectivity index (χ4v) is 10.0. The average Bonchev–Trinajstić information content (AvgIpc) is 3.02. The third-order valence-corrected chi connectivity index (χ3v) is 9.82. The number of fused-ring (bicyclic) bond motifs is 2. The number of aliphatic hydroxyl groups is 2. The minimum absolute atomic E-state index is 0.0515. The Bertz CT molecular complexity index is 822. The van der Waals surface area contributed by atoms with E-state index < -0.39 is 28.5 Å². The van der Waals surface area contributed by atoms with Crippen molar-refractivity contribution in [2.24, 2.45) is 35.0 Å². The molecule has 2 N–H and O–H groups in total. The maximum Gasteiger partial charge on any atom is 0.164 e. The highest BCUT2D eigenvalue weighted by molar-refractivity contribution is 5.53. The van der Waals surface area contributed by atoms with E-state index in [1.54, 1.807) is 0 Å². The molecule has 5 fully saturated rings. The molecule has 174 valence electrons. The Balaban J connectivity index is 1.53. The second-order valence-electron chi connectivity index (χ2n) is 12.8. The van der Waals surface area contributed by atoms with Crippen LogP contribution in [-0.4, -0.2) is 51.6 Å². The Kier molecular flexibility index (Phi) is 4.06. The maximum absolute atomic E-state index is 12.4. The molecule has 3 saturated carbocycles. The predicted molar refractivity (Wildman–Crippen MR) is 116 cm³/mol. The highest BCUT2D eigenvalue weighted by Gasteiger charge is 2.97. The van der Waals surface area contributed by atoms with Crippen LogP contribution in [-0.2, 0) is 14.2 Å². The zero-order valence-electron chi connectivity index (χ0n) is 20.0. The summed E-state index contributed by atoms with van der Waals surface area (Å²) in [5, 5.41) is 22.8. The van der Waals surface area contributed by atoms with E-state index in [0.29, 0.717) is 29.2 Å². The molecule has 5 nitrogen and oxygen atoms in total. The van der Waals surface area contributed by atoms with Gasteiger partial charge in [-0.2, -0.15) is 0 Å². The van der Waals surface area contributed by atoms with E-state index in [1.165, 1.54) is 0 Å². The van der Waals surface area contributed by atoms with E-state index in [0.717, 1.165) is 32.1 Å². The molecule has 0 radical (unpaired) electrons. The first-order valence-corrected chi connectivity index (χ1v) is 12.6. The highest BCUT2D eigenvalue weighted by Crippen LogP contribution is 2.88. The lowest BCUT2D eigenvalue weighted by atomic mass is 9.21. The van der Waals surface area contributed by atoms with Crippen LogP contribution in [0.3, 0.4) is 0 Å². The molecule has 31 heavy (non-hydrogen) atoms. The lowest BCUT2D eigenvalue weighted by Crippen LogP contribution is -2.95. The van der Waals surface area contributed by atoms with E-state index in [4.69, 9.17) is 14.2 Å². The van der Waals surface area contributed by atoms with Gasteiger partial charge in [-0.3, -0.25) is 0 Å². The minimum atomic E-state index is -1.15. The van der Waals surface area contributed by atoms with Crippen molar-refractivity contribution in [2.75, 3.05) is 6.61 Å². The standard InChI is InChI=1S/C26H40O5/c1-14(2)11-23(12-15(3)4)19-17-8-7-9-24-21(30-22(5,6)31-24)26(28)16(13-27)10-18(29-23)20(19)25(17,24)26/h10,14-15,17-21,27-28H,7-9,11-13H2,1-6H3/t17-,18+,19-,20-,21-,24+,25?,26+/m1/s1. The largest absolute Gasteiger partial charge is 0.392 e. The summed E-state index contributed by atoms with van der Waals surface area (Å²) in [6.07, 6.45) is 6.85. The molecule has 8 atom stereocenters. The van der Waals surface area contributed by atoms with Gasteiger partial charge in [-0.15, -0.1) is 0 Å². The summed E-state index contributed by atoms with van der Waals surface area (Å²) in [7, 11) is 0. The van der Waals surface area contributed by atoms with Gasteiger partial charge in [0.2, 0.25) is 0 Å². The van der Waals surface area contributed by atoms with Gasteiger partial charge in [0.15, 0.2) is 5.79 Å². The van der Waals surface area contributed by atoms with Gasteiger partial charge in [-0.25, -0.2) is 0 Å². The van der Waals surface area contributed by atoms with E-state index in [9.17, 15) is 10.2 Å². The smallest absolute Gasteiger partial charge is 0.164 e. The van der Waals surface area contributed by atoms with E-state index in [-0.39, 0.29) is 24.2 Å². The quantitative estimate of drug-likeness (QED) is 0.647. The number of ether oxygens (including phenoxy) is 3. The molecule has 1 unspecified atom stereocenters. The fourth-order valence-electron chi connectivity index (χ4n) is 10.0. The summed E-state index contributed by atoms with van der Waals surface area (Å²) >= 11 is 0. The monoisotopic (exact) mass is 432 g/mol. The molecule has 0 aromatic rings. The molecule has 0 bridgehead atoms. The van der Waals surface area contributed by atoms with Crippen molar-refractivity contribution in [1.82, 2.24) is 0 Å².